The maximum absolute atomic E-state index is 13.0. The number of aromatic nitrogens is 1. The molecule has 2 amide bonds. The molecule has 1 saturated heterocycles. The number of nitrogens with zero attached hydrogens (tertiary/aromatic N) is 2. The number of carbonyl (C=O) groups excluding carboxylic acids is 2. The molecule has 32 heavy (non-hydrogen) atoms. The van der Waals surface area contributed by atoms with E-state index in [1.54, 1.807) is 6.20 Å². The third kappa shape index (κ3) is 3.94. The number of hydrogen-bond acceptors (Lipinski definition) is 5. The largest absolute Gasteiger partial charge is 0.495 e. The van der Waals surface area contributed by atoms with E-state index in [9.17, 15) is 18.0 Å². The van der Waals surface area contributed by atoms with Crippen molar-refractivity contribution in [3.8, 4) is 5.75 Å². The summed E-state index contributed by atoms with van der Waals surface area (Å²) < 4.78 is 34.4. The fraction of sp³-hybridized carbons (Fsp3) is 0.273. The summed E-state index contributed by atoms with van der Waals surface area (Å²) in [6.45, 7) is 0.867. The minimum Gasteiger partial charge on any atom is -0.495 e. The highest BCUT2D eigenvalue weighted by molar-refractivity contribution is 7.89. The predicted molar refractivity (Wildman–Crippen MR) is 119 cm³/mol. The Kier molecular flexibility index (Phi) is 5.90. The number of amides is 2. The molecule has 4 rings (SSSR count). The number of nitrogens with one attached hydrogen (secondary N) is 2. The van der Waals surface area contributed by atoms with E-state index in [1.807, 2.05) is 35.9 Å². The Balaban J connectivity index is 1.54. The molecule has 0 spiro atoms. The van der Waals surface area contributed by atoms with E-state index >= 15 is 0 Å². The molecule has 0 atom stereocenters. The smallest absolute Gasteiger partial charge is 0.271 e. The van der Waals surface area contributed by atoms with E-state index in [2.05, 4.69) is 10.9 Å². The zero-order valence-corrected chi connectivity index (χ0v) is 18.6. The van der Waals surface area contributed by atoms with Crippen molar-refractivity contribution in [2.75, 3.05) is 20.2 Å². The average molecular weight is 457 g/mol. The topological polar surface area (TPSA) is 110 Å². The maximum Gasteiger partial charge on any atom is 0.271 e. The molecular weight excluding hydrogens is 432 g/mol. The van der Waals surface area contributed by atoms with E-state index in [1.165, 1.54) is 29.6 Å². The molecule has 0 radical (unpaired) electrons. The number of aryl methyl sites for hydroxylation is 1. The van der Waals surface area contributed by atoms with Crippen molar-refractivity contribution in [3.05, 3.63) is 59.8 Å². The second-order valence-electron chi connectivity index (χ2n) is 7.56. The lowest BCUT2D eigenvalue weighted by atomic mass is 10.2. The Labute approximate surface area is 186 Å². The first-order valence-corrected chi connectivity index (χ1v) is 11.6. The lowest BCUT2D eigenvalue weighted by Crippen LogP contribution is -2.41. The van der Waals surface area contributed by atoms with Crippen LogP contribution < -0.4 is 15.6 Å². The zero-order valence-electron chi connectivity index (χ0n) is 17.8. The van der Waals surface area contributed by atoms with Gasteiger partial charge in [0.15, 0.2) is 0 Å². The van der Waals surface area contributed by atoms with E-state index < -0.39 is 21.8 Å². The number of benzene rings is 2. The van der Waals surface area contributed by atoms with Gasteiger partial charge in [-0.25, -0.2) is 8.42 Å². The summed E-state index contributed by atoms with van der Waals surface area (Å²) in [6.07, 6.45) is 3.27. The van der Waals surface area contributed by atoms with Gasteiger partial charge in [0.1, 0.15) is 10.6 Å². The van der Waals surface area contributed by atoms with E-state index in [-0.39, 0.29) is 16.2 Å². The number of carbonyl (C=O) groups is 2. The highest BCUT2D eigenvalue weighted by Crippen LogP contribution is 2.29. The first kappa shape index (κ1) is 21.8. The van der Waals surface area contributed by atoms with Gasteiger partial charge in [-0.15, -0.1) is 0 Å². The Morgan fingerprint density at radius 3 is 2.41 bits per heavy atom. The third-order valence-electron chi connectivity index (χ3n) is 5.54. The van der Waals surface area contributed by atoms with Crippen LogP contribution in [0.2, 0.25) is 0 Å². The number of sulfonamides is 1. The molecule has 1 aromatic heterocycles. The van der Waals surface area contributed by atoms with Crippen LogP contribution in [0, 0.1) is 0 Å². The van der Waals surface area contributed by atoms with Crippen molar-refractivity contribution in [1.82, 2.24) is 19.7 Å². The quantitative estimate of drug-likeness (QED) is 0.571. The number of fused-ring (bicyclic) bond motifs is 1. The molecule has 1 aliphatic rings. The Morgan fingerprint density at radius 2 is 1.69 bits per heavy atom. The monoisotopic (exact) mass is 456 g/mol. The summed E-state index contributed by atoms with van der Waals surface area (Å²) in [5.74, 6) is -0.957. The minimum absolute atomic E-state index is 0.0741. The van der Waals surface area contributed by atoms with Crippen molar-refractivity contribution in [3.63, 3.8) is 0 Å². The maximum atomic E-state index is 13.0. The minimum atomic E-state index is -3.80. The highest BCUT2D eigenvalue weighted by Gasteiger charge is 2.30. The van der Waals surface area contributed by atoms with Gasteiger partial charge >= 0.3 is 0 Å². The van der Waals surface area contributed by atoms with Crippen LogP contribution in [-0.4, -0.2) is 49.3 Å². The average Bonchev–Trinajstić information content (AvgIpc) is 3.46. The molecule has 10 heteroatoms. The van der Waals surface area contributed by atoms with Crippen LogP contribution in [-0.2, 0) is 17.1 Å². The summed E-state index contributed by atoms with van der Waals surface area (Å²) in [5.41, 5.74) is 6.14. The molecule has 2 heterocycles. The van der Waals surface area contributed by atoms with Crippen LogP contribution in [0.3, 0.4) is 0 Å². The normalized spacial score (nSPS) is 14.4. The molecule has 1 aliphatic heterocycles. The Hall–Kier alpha value is -3.37. The van der Waals surface area contributed by atoms with Crippen molar-refractivity contribution < 1.29 is 22.7 Å². The number of methoxy groups -OCH3 is 1. The molecule has 2 N–H and O–H groups in total. The van der Waals surface area contributed by atoms with Gasteiger partial charge in [-0.05, 0) is 37.1 Å². The standard InChI is InChI=1S/C22H24N4O5S/c1-25-14-17(16-7-3-4-8-18(16)25)22(28)24-23-21(27)15-9-10-19(31-2)20(13-15)32(29,30)26-11-5-6-12-26/h3-4,7-10,13-14H,5-6,11-12H2,1-2H3,(H,23,27)(H,24,28). The van der Waals surface area contributed by atoms with Gasteiger partial charge in [0.05, 0.1) is 12.7 Å². The molecule has 0 aliphatic carbocycles. The Bertz CT molecular complexity index is 1290. The number of ether oxygens (including phenoxy) is 1. The van der Waals surface area contributed by atoms with Gasteiger partial charge in [-0.1, -0.05) is 18.2 Å². The molecule has 168 valence electrons. The summed E-state index contributed by atoms with van der Waals surface area (Å²) in [6, 6.07) is 11.6. The summed E-state index contributed by atoms with van der Waals surface area (Å²) in [7, 11) is -0.587. The number of para-hydroxylation sites is 1. The molecule has 2 aromatic carbocycles. The van der Waals surface area contributed by atoms with Gasteiger partial charge in [0, 0.05) is 42.8 Å². The van der Waals surface area contributed by atoms with Crippen LogP contribution in [0.5, 0.6) is 5.75 Å². The van der Waals surface area contributed by atoms with Crippen molar-refractivity contribution in [1.29, 1.82) is 0 Å². The molecule has 3 aromatic rings. The van der Waals surface area contributed by atoms with Crippen LogP contribution in [0.25, 0.3) is 10.9 Å². The zero-order chi connectivity index (χ0) is 22.9. The number of hydrazine groups is 1. The number of rotatable bonds is 5. The SMILES string of the molecule is COc1ccc(C(=O)NNC(=O)c2cn(C)c3ccccc23)cc1S(=O)(=O)N1CCCC1. The predicted octanol–water partition coefficient (Wildman–Crippen LogP) is 2.05. The third-order valence-corrected chi connectivity index (χ3v) is 7.46. The van der Waals surface area contributed by atoms with E-state index in [4.69, 9.17) is 4.74 Å². The van der Waals surface area contributed by atoms with Crippen LogP contribution >= 0.6 is 0 Å². The van der Waals surface area contributed by atoms with Crippen LogP contribution in [0.15, 0.2) is 53.6 Å². The first-order chi connectivity index (χ1) is 15.3. The second-order valence-corrected chi connectivity index (χ2v) is 9.46. The molecular formula is C22H24N4O5S. The fourth-order valence-corrected chi connectivity index (χ4v) is 5.56. The van der Waals surface area contributed by atoms with Crippen LogP contribution in [0.4, 0.5) is 0 Å². The molecule has 0 bridgehead atoms. The fourth-order valence-electron chi connectivity index (χ4n) is 3.86. The van der Waals surface area contributed by atoms with Crippen molar-refractivity contribution >= 4 is 32.7 Å². The van der Waals surface area contributed by atoms with Gasteiger partial charge in [-0.2, -0.15) is 4.31 Å². The molecule has 9 nitrogen and oxygen atoms in total. The molecule has 0 saturated carbocycles. The van der Waals surface area contributed by atoms with Crippen molar-refractivity contribution in [2.45, 2.75) is 17.7 Å². The highest BCUT2D eigenvalue weighted by atomic mass is 32.2. The summed E-state index contributed by atoms with van der Waals surface area (Å²) >= 11 is 0. The van der Waals surface area contributed by atoms with Crippen LogP contribution in [0.1, 0.15) is 33.6 Å². The second kappa shape index (κ2) is 8.64. The van der Waals surface area contributed by atoms with Crippen molar-refractivity contribution in [2.24, 2.45) is 7.05 Å². The van der Waals surface area contributed by atoms with Gasteiger partial charge < -0.3 is 9.30 Å². The summed E-state index contributed by atoms with van der Waals surface area (Å²) in [5, 5.41) is 0.755. The molecule has 1 fully saturated rings. The Morgan fingerprint density at radius 1 is 1.00 bits per heavy atom. The van der Waals surface area contributed by atoms with E-state index in [0.29, 0.717) is 18.7 Å². The van der Waals surface area contributed by atoms with Gasteiger partial charge in [0.2, 0.25) is 10.0 Å². The lowest BCUT2D eigenvalue weighted by Gasteiger charge is -2.18. The summed E-state index contributed by atoms with van der Waals surface area (Å²) in [4.78, 5) is 25.2. The first-order valence-electron chi connectivity index (χ1n) is 10.2. The lowest BCUT2D eigenvalue weighted by molar-refractivity contribution is 0.0847. The number of hydrogen-bond donors (Lipinski definition) is 2. The van der Waals surface area contributed by atoms with Gasteiger partial charge in [0.25, 0.3) is 11.8 Å². The molecule has 0 unspecified atom stereocenters. The van der Waals surface area contributed by atoms with Gasteiger partial charge in [-0.3, -0.25) is 20.4 Å². The van der Waals surface area contributed by atoms with E-state index in [0.717, 1.165) is 23.7 Å².